The molecule has 2 aliphatic rings. The first kappa shape index (κ1) is 20.0. The maximum Gasteiger partial charge on any atom is 0.261 e. The van der Waals surface area contributed by atoms with Crippen LogP contribution in [0.4, 0.5) is 5.69 Å². The first-order chi connectivity index (χ1) is 15.0. The van der Waals surface area contributed by atoms with Gasteiger partial charge in [-0.3, -0.25) is 9.36 Å². The van der Waals surface area contributed by atoms with E-state index in [0.29, 0.717) is 5.39 Å². The fourth-order valence-corrected chi connectivity index (χ4v) is 5.08. The van der Waals surface area contributed by atoms with Crippen LogP contribution in [-0.4, -0.2) is 34.4 Å². The van der Waals surface area contributed by atoms with Crippen LogP contribution in [-0.2, 0) is 6.42 Å². The number of likely N-dealkylation sites (N-methyl/N-ethyl adjacent to an activating group) is 1. The van der Waals surface area contributed by atoms with Crippen LogP contribution in [0.5, 0.6) is 0 Å². The molecule has 31 heavy (non-hydrogen) atoms. The number of benzene rings is 2. The third-order valence-corrected chi connectivity index (χ3v) is 6.66. The molecule has 1 saturated carbocycles. The number of anilines is 1. The summed E-state index contributed by atoms with van der Waals surface area (Å²) in [5.41, 5.74) is 6.07. The Balaban J connectivity index is 1.70. The lowest BCUT2D eigenvalue weighted by Gasteiger charge is -2.30. The van der Waals surface area contributed by atoms with Gasteiger partial charge in [0.1, 0.15) is 5.52 Å². The van der Waals surface area contributed by atoms with E-state index in [0.717, 1.165) is 66.5 Å². The van der Waals surface area contributed by atoms with Crippen molar-refractivity contribution in [1.82, 2.24) is 9.55 Å². The number of nitrogens with zero attached hydrogens (tertiary/aromatic N) is 3. The lowest BCUT2D eigenvalue weighted by atomic mass is 9.91. The fraction of sp³-hybridized carbons (Fsp3) is 0.346. The summed E-state index contributed by atoms with van der Waals surface area (Å²) in [6.45, 7) is 4.83. The van der Waals surface area contributed by atoms with E-state index in [2.05, 4.69) is 36.1 Å². The monoisotopic (exact) mass is 414 g/mol. The summed E-state index contributed by atoms with van der Waals surface area (Å²) in [7, 11) is 2.04. The largest absolute Gasteiger partial charge is 0.391 e. The number of hydrogen-bond donors (Lipinski definition) is 1. The molecule has 1 aliphatic heterocycles. The van der Waals surface area contributed by atoms with E-state index in [-0.39, 0.29) is 11.6 Å². The molecule has 1 radical (unpaired) electrons. The highest BCUT2D eigenvalue weighted by Crippen LogP contribution is 2.36. The van der Waals surface area contributed by atoms with Gasteiger partial charge in [-0.2, -0.15) is 0 Å². The van der Waals surface area contributed by atoms with Crippen molar-refractivity contribution in [3.8, 4) is 0 Å². The topological polar surface area (TPSA) is 58.4 Å². The Kier molecular flexibility index (Phi) is 5.14. The molecule has 0 bridgehead atoms. The predicted molar refractivity (Wildman–Crippen MR) is 126 cm³/mol. The molecular formula is C26H28N3O2. The molecule has 5 rings (SSSR count). The summed E-state index contributed by atoms with van der Waals surface area (Å²) in [5.74, 6) is 0. The average molecular weight is 415 g/mol. The van der Waals surface area contributed by atoms with Crippen LogP contribution in [0.25, 0.3) is 17.0 Å². The molecule has 1 aromatic heterocycles. The summed E-state index contributed by atoms with van der Waals surface area (Å²) in [6, 6.07) is 10.0. The van der Waals surface area contributed by atoms with Crippen molar-refractivity contribution in [3.63, 3.8) is 0 Å². The highest BCUT2D eigenvalue weighted by Gasteiger charge is 2.27. The molecule has 0 unspecified atom stereocenters. The van der Waals surface area contributed by atoms with Crippen molar-refractivity contribution in [2.24, 2.45) is 0 Å². The maximum atomic E-state index is 13.6. The van der Waals surface area contributed by atoms with Crippen LogP contribution in [0, 0.1) is 6.92 Å². The van der Waals surface area contributed by atoms with Crippen LogP contribution < -0.4 is 10.5 Å². The average Bonchev–Trinajstić information content (AvgIpc) is 2.75. The lowest BCUT2D eigenvalue weighted by molar-refractivity contribution is 0.0735. The van der Waals surface area contributed by atoms with Crippen molar-refractivity contribution < 1.29 is 5.11 Å². The fourth-order valence-electron chi connectivity index (χ4n) is 5.08. The van der Waals surface area contributed by atoms with Crippen molar-refractivity contribution >= 4 is 22.7 Å². The zero-order valence-corrected chi connectivity index (χ0v) is 17.9. The normalized spacial score (nSPS) is 20.8. The Morgan fingerprint density at radius 2 is 2.06 bits per heavy atom. The molecule has 3 aromatic rings. The number of rotatable bonds is 3. The van der Waals surface area contributed by atoms with Gasteiger partial charge in [-0.05, 0) is 48.9 Å². The minimum atomic E-state index is -0.492. The second-order valence-electron chi connectivity index (χ2n) is 8.85. The van der Waals surface area contributed by atoms with E-state index in [1.807, 2.05) is 25.2 Å². The second kappa shape index (κ2) is 7.97. The van der Waals surface area contributed by atoms with Crippen LogP contribution in [0.15, 0.2) is 47.5 Å². The SMILES string of the molecule is [CH2]c1cccc(Cc2cc3c(=O)n([C@H]4CCCC[C@@H]4O)cnc3c3c2C=CCN3C)c1. The zero-order chi connectivity index (χ0) is 21.5. The van der Waals surface area contributed by atoms with E-state index < -0.39 is 6.10 Å². The van der Waals surface area contributed by atoms with Crippen molar-refractivity contribution in [2.45, 2.75) is 44.2 Å². The Labute approximate surface area is 182 Å². The van der Waals surface area contributed by atoms with E-state index in [1.165, 1.54) is 5.56 Å². The van der Waals surface area contributed by atoms with Gasteiger partial charge in [0, 0.05) is 19.2 Å². The Hall–Kier alpha value is -2.92. The van der Waals surface area contributed by atoms with E-state index in [4.69, 9.17) is 4.98 Å². The van der Waals surface area contributed by atoms with Gasteiger partial charge in [0.2, 0.25) is 0 Å². The van der Waals surface area contributed by atoms with Gasteiger partial charge >= 0.3 is 0 Å². The van der Waals surface area contributed by atoms with Gasteiger partial charge < -0.3 is 10.0 Å². The molecule has 1 aliphatic carbocycles. The number of fused-ring (bicyclic) bond motifs is 3. The third-order valence-electron chi connectivity index (χ3n) is 6.66. The molecule has 0 saturated heterocycles. The third kappa shape index (κ3) is 3.57. The predicted octanol–water partition coefficient (Wildman–Crippen LogP) is 4.11. The molecule has 0 amide bonds. The Bertz CT molecular complexity index is 1230. The lowest BCUT2D eigenvalue weighted by Crippen LogP contribution is -2.35. The van der Waals surface area contributed by atoms with Gasteiger partial charge in [-0.25, -0.2) is 4.98 Å². The summed E-state index contributed by atoms with van der Waals surface area (Å²) in [5, 5.41) is 11.1. The van der Waals surface area contributed by atoms with Crippen LogP contribution in [0.1, 0.15) is 54.0 Å². The molecule has 1 N–H and O–H groups in total. The molecule has 2 heterocycles. The van der Waals surface area contributed by atoms with Crippen molar-refractivity contribution in [2.75, 3.05) is 18.5 Å². The van der Waals surface area contributed by atoms with Gasteiger partial charge in [-0.1, -0.05) is 49.3 Å². The standard InChI is InChI=1S/C26H28N3O2/c1-17-7-5-8-18(13-17)14-19-15-21-24(25-20(19)9-6-12-28(25)2)27-16-29(26(21)31)22-10-3-4-11-23(22)30/h5-9,13,15-16,22-23,30H,1,3-4,10-12,14H2,2H3/t22-,23-/m0/s1. The van der Waals surface area contributed by atoms with Gasteiger partial charge in [0.25, 0.3) is 5.56 Å². The highest BCUT2D eigenvalue weighted by atomic mass is 16.3. The summed E-state index contributed by atoms with van der Waals surface area (Å²) in [6.07, 6.45) is 9.75. The molecule has 159 valence electrons. The van der Waals surface area contributed by atoms with Crippen LogP contribution in [0.2, 0.25) is 0 Å². The minimum absolute atomic E-state index is 0.0612. The first-order valence-electron chi connectivity index (χ1n) is 11.1. The van der Waals surface area contributed by atoms with E-state index >= 15 is 0 Å². The molecule has 1 fully saturated rings. The zero-order valence-electron chi connectivity index (χ0n) is 17.9. The molecule has 2 atom stereocenters. The Morgan fingerprint density at radius 1 is 1.23 bits per heavy atom. The van der Waals surface area contributed by atoms with Crippen LogP contribution in [0.3, 0.4) is 0 Å². The second-order valence-corrected chi connectivity index (χ2v) is 8.85. The van der Waals surface area contributed by atoms with Crippen LogP contribution >= 0.6 is 0 Å². The summed E-state index contributed by atoms with van der Waals surface area (Å²) in [4.78, 5) is 20.5. The van der Waals surface area contributed by atoms with E-state index in [9.17, 15) is 9.90 Å². The molecule has 2 aromatic carbocycles. The number of aliphatic hydroxyl groups is 1. The smallest absolute Gasteiger partial charge is 0.261 e. The molecule has 0 spiro atoms. The van der Waals surface area contributed by atoms with E-state index in [1.54, 1.807) is 10.9 Å². The van der Waals surface area contributed by atoms with Gasteiger partial charge in [-0.15, -0.1) is 0 Å². The quantitative estimate of drug-likeness (QED) is 0.701. The van der Waals surface area contributed by atoms with Crippen molar-refractivity contribution in [1.29, 1.82) is 0 Å². The van der Waals surface area contributed by atoms with Gasteiger partial charge in [0.05, 0.1) is 29.5 Å². The minimum Gasteiger partial charge on any atom is -0.391 e. The molecule has 5 heteroatoms. The van der Waals surface area contributed by atoms with Gasteiger partial charge in [0.15, 0.2) is 0 Å². The summed E-state index contributed by atoms with van der Waals surface area (Å²) >= 11 is 0. The number of hydrogen-bond acceptors (Lipinski definition) is 4. The summed E-state index contributed by atoms with van der Waals surface area (Å²) < 4.78 is 1.66. The van der Waals surface area contributed by atoms with Crippen molar-refractivity contribution in [3.05, 3.63) is 82.3 Å². The number of aromatic nitrogens is 2. The molecule has 5 nitrogen and oxygen atoms in total. The number of aliphatic hydroxyl groups excluding tert-OH is 1. The maximum absolute atomic E-state index is 13.6. The highest BCUT2D eigenvalue weighted by molar-refractivity contribution is 5.97. The molecular weight excluding hydrogens is 386 g/mol. The Morgan fingerprint density at radius 3 is 2.87 bits per heavy atom. The first-order valence-corrected chi connectivity index (χ1v) is 11.1.